The highest BCUT2D eigenvalue weighted by Crippen LogP contribution is 2.27. The maximum atomic E-state index is 12.1. The largest absolute Gasteiger partial charge is 0.452 e. The first kappa shape index (κ1) is 18.8. The zero-order chi connectivity index (χ0) is 18.5. The van der Waals surface area contributed by atoms with Crippen molar-refractivity contribution in [2.24, 2.45) is 0 Å². The van der Waals surface area contributed by atoms with E-state index in [2.05, 4.69) is 17.4 Å². The molecule has 0 bridgehead atoms. The Morgan fingerprint density at radius 2 is 1.88 bits per heavy atom. The van der Waals surface area contributed by atoms with Gasteiger partial charge in [0.25, 0.3) is 5.91 Å². The summed E-state index contributed by atoms with van der Waals surface area (Å²) < 4.78 is 5.22. The Labute approximate surface area is 162 Å². The van der Waals surface area contributed by atoms with Crippen molar-refractivity contribution in [2.45, 2.75) is 37.2 Å². The summed E-state index contributed by atoms with van der Waals surface area (Å²) in [5.41, 5.74) is 3.39. The molecular weight excluding hydrogens is 370 g/mol. The maximum Gasteiger partial charge on any atom is 0.317 e. The molecular formula is C20H20ClNO3S. The van der Waals surface area contributed by atoms with E-state index in [-0.39, 0.29) is 11.7 Å². The minimum atomic E-state index is -0.862. The average Bonchev–Trinajstić information content (AvgIpc) is 3.09. The van der Waals surface area contributed by atoms with Gasteiger partial charge in [-0.15, -0.1) is 11.8 Å². The van der Waals surface area contributed by atoms with Crippen molar-refractivity contribution in [3.63, 3.8) is 0 Å². The summed E-state index contributed by atoms with van der Waals surface area (Å²) >= 11 is 7.24. The molecule has 0 fully saturated rings. The fourth-order valence-electron chi connectivity index (χ4n) is 2.84. The highest BCUT2D eigenvalue weighted by atomic mass is 35.5. The summed E-state index contributed by atoms with van der Waals surface area (Å²) in [6, 6.07) is 13.1. The number of benzene rings is 2. The second kappa shape index (κ2) is 8.60. The molecule has 1 atom stereocenters. The molecule has 1 N–H and O–H groups in total. The quantitative estimate of drug-likeness (QED) is 0.584. The molecule has 6 heteroatoms. The number of nitrogens with one attached hydrogen (secondary N) is 1. The van der Waals surface area contributed by atoms with Crippen LogP contribution in [0.5, 0.6) is 0 Å². The predicted molar refractivity (Wildman–Crippen MR) is 105 cm³/mol. The molecule has 3 rings (SSSR count). The van der Waals surface area contributed by atoms with Crippen LogP contribution in [-0.2, 0) is 27.2 Å². The van der Waals surface area contributed by atoms with Gasteiger partial charge >= 0.3 is 5.97 Å². The number of esters is 1. The first-order valence-electron chi connectivity index (χ1n) is 8.52. The van der Waals surface area contributed by atoms with Crippen LogP contribution in [0.4, 0.5) is 5.69 Å². The number of hydrogen-bond acceptors (Lipinski definition) is 4. The summed E-state index contributed by atoms with van der Waals surface area (Å²) in [6.45, 7) is 1.56. The molecule has 0 radical (unpaired) electrons. The van der Waals surface area contributed by atoms with E-state index in [0.717, 1.165) is 17.7 Å². The van der Waals surface area contributed by atoms with Crippen molar-refractivity contribution in [2.75, 3.05) is 11.1 Å². The average molecular weight is 390 g/mol. The third kappa shape index (κ3) is 5.02. The van der Waals surface area contributed by atoms with Crippen LogP contribution < -0.4 is 5.32 Å². The van der Waals surface area contributed by atoms with E-state index < -0.39 is 12.1 Å². The lowest BCUT2D eigenvalue weighted by Gasteiger charge is -2.13. The highest BCUT2D eigenvalue weighted by Gasteiger charge is 2.18. The molecule has 1 aliphatic rings. The lowest BCUT2D eigenvalue weighted by Crippen LogP contribution is -2.30. The number of aryl methyl sites for hydroxylation is 2. The molecule has 1 amide bonds. The van der Waals surface area contributed by atoms with E-state index in [4.69, 9.17) is 16.3 Å². The lowest BCUT2D eigenvalue weighted by atomic mass is 10.1. The monoisotopic (exact) mass is 389 g/mol. The van der Waals surface area contributed by atoms with Gasteiger partial charge in [0.15, 0.2) is 6.10 Å². The number of carbonyl (C=O) groups excluding carboxylic acids is 2. The smallest absolute Gasteiger partial charge is 0.317 e. The number of rotatable bonds is 6. The Bertz CT molecular complexity index is 807. The summed E-state index contributed by atoms with van der Waals surface area (Å²) in [6.07, 6.45) is 2.59. The van der Waals surface area contributed by atoms with Crippen LogP contribution in [0.25, 0.3) is 0 Å². The van der Waals surface area contributed by atoms with Gasteiger partial charge in [0, 0.05) is 15.6 Å². The predicted octanol–water partition coefficient (Wildman–Crippen LogP) is 4.49. The molecule has 0 heterocycles. The summed E-state index contributed by atoms with van der Waals surface area (Å²) in [4.78, 5) is 25.2. The molecule has 0 saturated carbocycles. The second-order valence-electron chi connectivity index (χ2n) is 6.20. The molecule has 2 aromatic carbocycles. The van der Waals surface area contributed by atoms with Crippen LogP contribution >= 0.6 is 23.4 Å². The first-order chi connectivity index (χ1) is 12.5. The van der Waals surface area contributed by atoms with Gasteiger partial charge in [-0.05, 0) is 73.7 Å². The molecule has 0 aromatic heterocycles. The standard InChI is InChI=1S/C20H20ClNO3S/c1-13(20(24)22-17-8-6-16(21)7-9-17)25-19(23)12-26-18-10-5-14-3-2-4-15(14)11-18/h5-11,13H,2-4,12H2,1H3,(H,22,24)/t13-/m1/s1. The van der Waals surface area contributed by atoms with Gasteiger partial charge < -0.3 is 10.1 Å². The topological polar surface area (TPSA) is 55.4 Å². The molecule has 26 heavy (non-hydrogen) atoms. The minimum absolute atomic E-state index is 0.178. The number of carbonyl (C=O) groups is 2. The zero-order valence-corrected chi connectivity index (χ0v) is 16.0. The van der Waals surface area contributed by atoms with Crippen molar-refractivity contribution < 1.29 is 14.3 Å². The minimum Gasteiger partial charge on any atom is -0.452 e. The lowest BCUT2D eigenvalue weighted by molar-refractivity contribution is -0.150. The molecule has 0 unspecified atom stereocenters. The Hall–Kier alpha value is -1.98. The normalized spacial score (nSPS) is 13.8. The van der Waals surface area contributed by atoms with Crippen molar-refractivity contribution >= 4 is 40.9 Å². The van der Waals surface area contributed by atoms with Gasteiger partial charge in [-0.25, -0.2) is 0 Å². The molecule has 1 aliphatic carbocycles. The van der Waals surface area contributed by atoms with Gasteiger partial charge in [-0.2, -0.15) is 0 Å². The van der Waals surface area contributed by atoms with E-state index in [0.29, 0.717) is 10.7 Å². The van der Waals surface area contributed by atoms with Crippen molar-refractivity contribution in [1.82, 2.24) is 0 Å². The van der Waals surface area contributed by atoms with Crippen LogP contribution in [0.2, 0.25) is 5.02 Å². The summed E-state index contributed by atoms with van der Waals surface area (Å²) in [7, 11) is 0. The van der Waals surface area contributed by atoms with Crippen LogP contribution in [0.3, 0.4) is 0 Å². The van der Waals surface area contributed by atoms with Gasteiger partial charge in [-0.3, -0.25) is 9.59 Å². The fourth-order valence-corrected chi connectivity index (χ4v) is 3.71. The Kier molecular flexibility index (Phi) is 6.22. The van der Waals surface area contributed by atoms with Crippen LogP contribution in [0.15, 0.2) is 47.4 Å². The van der Waals surface area contributed by atoms with Crippen molar-refractivity contribution in [3.8, 4) is 0 Å². The van der Waals surface area contributed by atoms with E-state index in [1.807, 2.05) is 6.07 Å². The number of hydrogen-bond donors (Lipinski definition) is 1. The molecule has 136 valence electrons. The number of thioether (sulfide) groups is 1. The molecule has 0 spiro atoms. The maximum absolute atomic E-state index is 12.1. The Morgan fingerprint density at radius 3 is 2.65 bits per heavy atom. The van der Waals surface area contributed by atoms with E-state index in [1.165, 1.54) is 29.3 Å². The van der Waals surface area contributed by atoms with Gasteiger partial charge in [0.1, 0.15) is 0 Å². The van der Waals surface area contributed by atoms with E-state index >= 15 is 0 Å². The summed E-state index contributed by atoms with van der Waals surface area (Å²) in [5, 5.41) is 3.28. The third-order valence-corrected chi connectivity index (χ3v) is 5.44. The van der Waals surface area contributed by atoms with Gasteiger partial charge in [0.2, 0.25) is 0 Å². The van der Waals surface area contributed by atoms with E-state index in [1.54, 1.807) is 31.2 Å². The molecule has 2 aromatic rings. The van der Waals surface area contributed by atoms with E-state index in [9.17, 15) is 9.59 Å². The SMILES string of the molecule is C[C@@H](OC(=O)CSc1ccc2c(c1)CCC2)C(=O)Nc1ccc(Cl)cc1. The highest BCUT2D eigenvalue weighted by molar-refractivity contribution is 8.00. The number of anilines is 1. The van der Waals surface area contributed by atoms with Crippen molar-refractivity contribution in [3.05, 3.63) is 58.6 Å². The van der Waals surface area contributed by atoms with Crippen LogP contribution in [-0.4, -0.2) is 23.7 Å². The second-order valence-corrected chi connectivity index (χ2v) is 7.69. The molecule has 0 saturated heterocycles. The molecule has 0 aliphatic heterocycles. The number of ether oxygens (including phenoxy) is 1. The molecule has 4 nitrogen and oxygen atoms in total. The number of halogens is 1. The Balaban J connectivity index is 1.46. The van der Waals surface area contributed by atoms with Gasteiger partial charge in [0.05, 0.1) is 5.75 Å². The fraction of sp³-hybridized carbons (Fsp3) is 0.300. The van der Waals surface area contributed by atoms with Crippen LogP contribution in [0, 0.1) is 0 Å². The van der Waals surface area contributed by atoms with Crippen molar-refractivity contribution in [1.29, 1.82) is 0 Å². The third-order valence-electron chi connectivity index (χ3n) is 4.22. The number of fused-ring (bicyclic) bond motifs is 1. The summed E-state index contributed by atoms with van der Waals surface area (Å²) in [5.74, 6) is -0.602. The first-order valence-corrected chi connectivity index (χ1v) is 9.88. The van der Waals surface area contributed by atoms with Gasteiger partial charge in [-0.1, -0.05) is 17.7 Å². The number of amides is 1. The Morgan fingerprint density at radius 1 is 1.15 bits per heavy atom. The van der Waals surface area contributed by atoms with Crippen LogP contribution in [0.1, 0.15) is 24.5 Å². The zero-order valence-electron chi connectivity index (χ0n) is 14.5.